The summed E-state index contributed by atoms with van der Waals surface area (Å²) in [6.07, 6.45) is 3.54. The van der Waals surface area contributed by atoms with E-state index in [0.29, 0.717) is 29.9 Å². The van der Waals surface area contributed by atoms with Crippen LogP contribution < -0.4 is 0 Å². The molecule has 1 fully saturated rings. The highest BCUT2D eigenvalue weighted by atomic mass is 19.2. The lowest BCUT2D eigenvalue weighted by Crippen LogP contribution is -2.49. The van der Waals surface area contributed by atoms with E-state index in [2.05, 4.69) is 9.88 Å². The number of ketones is 1. The number of piperidine rings is 1. The molecule has 1 aliphatic heterocycles. The maximum atomic E-state index is 13.9. The zero-order chi connectivity index (χ0) is 22.0. The van der Waals surface area contributed by atoms with E-state index in [0.717, 1.165) is 11.6 Å². The van der Waals surface area contributed by atoms with Crippen molar-refractivity contribution in [1.29, 1.82) is 0 Å². The SMILES string of the molecule is CC1(C)CN(Cc2ccc(F)c(F)c2)C(c2ccccc2)/C(=C/c2ccccn2)C1=O. The Morgan fingerprint density at radius 1 is 1.03 bits per heavy atom. The third kappa shape index (κ3) is 4.47. The number of carbonyl (C=O) groups is 1. The summed E-state index contributed by atoms with van der Waals surface area (Å²) >= 11 is 0. The second kappa shape index (κ2) is 8.52. The maximum absolute atomic E-state index is 13.9. The number of rotatable bonds is 4. The molecule has 1 aliphatic rings. The van der Waals surface area contributed by atoms with Gasteiger partial charge in [-0.3, -0.25) is 14.7 Å². The van der Waals surface area contributed by atoms with E-state index in [1.165, 1.54) is 6.07 Å². The molecular formula is C26H24F2N2O. The molecule has 2 heterocycles. The fourth-order valence-corrected chi connectivity index (χ4v) is 4.19. The molecule has 0 N–H and O–H groups in total. The van der Waals surface area contributed by atoms with Crippen LogP contribution in [0.1, 0.15) is 36.7 Å². The van der Waals surface area contributed by atoms with Crippen LogP contribution >= 0.6 is 0 Å². The number of hydrogen-bond donors (Lipinski definition) is 0. The van der Waals surface area contributed by atoms with Crippen molar-refractivity contribution in [1.82, 2.24) is 9.88 Å². The molecule has 0 amide bonds. The van der Waals surface area contributed by atoms with Gasteiger partial charge in [-0.1, -0.05) is 56.3 Å². The van der Waals surface area contributed by atoms with E-state index < -0.39 is 17.0 Å². The number of benzene rings is 2. The van der Waals surface area contributed by atoms with Crippen LogP contribution in [0.15, 0.2) is 78.5 Å². The summed E-state index contributed by atoms with van der Waals surface area (Å²) in [6, 6.07) is 19.0. The number of Topliss-reactive ketones (excluding diaryl/α,β-unsaturated/α-hetero) is 1. The maximum Gasteiger partial charge on any atom is 0.167 e. The number of aromatic nitrogens is 1. The lowest BCUT2D eigenvalue weighted by atomic mass is 9.74. The fourth-order valence-electron chi connectivity index (χ4n) is 4.19. The van der Waals surface area contributed by atoms with Gasteiger partial charge in [-0.15, -0.1) is 0 Å². The van der Waals surface area contributed by atoms with Crippen molar-refractivity contribution in [2.75, 3.05) is 6.54 Å². The van der Waals surface area contributed by atoms with Crippen molar-refractivity contribution in [3.63, 3.8) is 0 Å². The van der Waals surface area contributed by atoms with Crippen LogP contribution in [0.25, 0.3) is 6.08 Å². The Labute approximate surface area is 181 Å². The molecule has 2 aromatic carbocycles. The Hall–Kier alpha value is -3.18. The second-order valence-electron chi connectivity index (χ2n) is 8.53. The van der Waals surface area contributed by atoms with Gasteiger partial charge in [-0.2, -0.15) is 0 Å². The van der Waals surface area contributed by atoms with Crippen LogP contribution in [0.2, 0.25) is 0 Å². The van der Waals surface area contributed by atoms with E-state index in [-0.39, 0.29) is 11.8 Å². The van der Waals surface area contributed by atoms with Crippen LogP contribution in [-0.2, 0) is 11.3 Å². The summed E-state index contributed by atoms with van der Waals surface area (Å²) in [5.41, 5.74) is 2.34. The summed E-state index contributed by atoms with van der Waals surface area (Å²) in [6.45, 7) is 4.71. The molecule has 0 bridgehead atoms. The van der Waals surface area contributed by atoms with Gasteiger partial charge in [0.15, 0.2) is 17.4 Å². The molecule has 158 valence electrons. The molecule has 1 saturated heterocycles. The zero-order valence-electron chi connectivity index (χ0n) is 17.6. The number of likely N-dealkylation sites (tertiary alicyclic amines) is 1. The van der Waals surface area contributed by atoms with Crippen LogP contribution in [0.3, 0.4) is 0 Å². The van der Waals surface area contributed by atoms with E-state index in [1.54, 1.807) is 12.3 Å². The molecule has 1 unspecified atom stereocenters. The highest BCUT2D eigenvalue weighted by molar-refractivity contribution is 6.05. The first-order valence-corrected chi connectivity index (χ1v) is 10.3. The summed E-state index contributed by atoms with van der Waals surface area (Å²) in [5.74, 6) is -1.67. The largest absolute Gasteiger partial charge is 0.294 e. The molecule has 3 aromatic rings. The van der Waals surface area contributed by atoms with Gasteiger partial charge < -0.3 is 0 Å². The predicted molar refractivity (Wildman–Crippen MR) is 117 cm³/mol. The van der Waals surface area contributed by atoms with E-state index >= 15 is 0 Å². The number of pyridine rings is 1. The molecule has 1 atom stereocenters. The number of nitrogens with zero attached hydrogens (tertiary/aromatic N) is 2. The Morgan fingerprint density at radius 3 is 2.45 bits per heavy atom. The second-order valence-corrected chi connectivity index (χ2v) is 8.53. The minimum atomic E-state index is -0.870. The zero-order valence-corrected chi connectivity index (χ0v) is 17.6. The van der Waals surface area contributed by atoms with E-state index in [9.17, 15) is 13.6 Å². The Bertz CT molecular complexity index is 1110. The fraction of sp³-hybridized carbons (Fsp3) is 0.231. The smallest absolute Gasteiger partial charge is 0.167 e. The van der Waals surface area contributed by atoms with Gasteiger partial charge in [0.2, 0.25) is 0 Å². The summed E-state index contributed by atoms with van der Waals surface area (Å²) in [4.78, 5) is 20.0. The molecule has 0 radical (unpaired) electrons. The topological polar surface area (TPSA) is 33.2 Å². The molecule has 4 rings (SSSR count). The molecule has 0 aliphatic carbocycles. The van der Waals surface area contributed by atoms with Crippen molar-refractivity contribution in [2.24, 2.45) is 5.41 Å². The Balaban J connectivity index is 1.82. The van der Waals surface area contributed by atoms with Crippen LogP contribution in [0, 0.1) is 17.0 Å². The number of hydrogen-bond acceptors (Lipinski definition) is 3. The van der Waals surface area contributed by atoms with Gasteiger partial charge in [0, 0.05) is 30.3 Å². The molecule has 0 spiro atoms. The Morgan fingerprint density at radius 2 is 1.77 bits per heavy atom. The third-order valence-corrected chi connectivity index (χ3v) is 5.61. The summed E-state index contributed by atoms with van der Waals surface area (Å²) in [5, 5.41) is 0. The van der Waals surface area contributed by atoms with Crippen molar-refractivity contribution >= 4 is 11.9 Å². The average Bonchev–Trinajstić information content (AvgIpc) is 2.76. The van der Waals surface area contributed by atoms with Crippen LogP contribution in [-0.4, -0.2) is 22.2 Å². The van der Waals surface area contributed by atoms with E-state index in [1.807, 2.05) is 68.5 Å². The van der Waals surface area contributed by atoms with Gasteiger partial charge in [0.05, 0.1) is 11.7 Å². The predicted octanol–water partition coefficient (Wildman–Crippen LogP) is 5.60. The first-order chi connectivity index (χ1) is 14.8. The van der Waals surface area contributed by atoms with Gasteiger partial charge in [0.1, 0.15) is 0 Å². The lowest BCUT2D eigenvalue weighted by Gasteiger charge is -2.44. The Kier molecular flexibility index (Phi) is 5.79. The average molecular weight is 418 g/mol. The monoisotopic (exact) mass is 418 g/mol. The molecule has 1 aromatic heterocycles. The quantitative estimate of drug-likeness (QED) is 0.518. The van der Waals surface area contributed by atoms with Gasteiger partial charge in [-0.25, -0.2) is 8.78 Å². The van der Waals surface area contributed by atoms with E-state index in [4.69, 9.17) is 0 Å². The molecule has 5 heteroatoms. The molecular weight excluding hydrogens is 394 g/mol. The lowest BCUT2D eigenvalue weighted by molar-refractivity contribution is -0.128. The van der Waals surface area contributed by atoms with Crippen molar-refractivity contribution in [3.8, 4) is 0 Å². The highest BCUT2D eigenvalue weighted by Gasteiger charge is 2.43. The van der Waals surface area contributed by atoms with Gasteiger partial charge in [-0.05, 0) is 41.5 Å². The first-order valence-electron chi connectivity index (χ1n) is 10.3. The van der Waals surface area contributed by atoms with Crippen molar-refractivity contribution < 1.29 is 13.6 Å². The van der Waals surface area contributed by atoms with Gasteiger partial charge in [0.25, 0.3) is 0 Å². The summed E-state index contributed by atoms with van der Waals surface area (Å²) in [7, 11) is 0. The summed E-state index contributed by atoms with van der Waals surface area (Å²) < 4.78 is 27.3. The molecule has 0 saturated carbocycles. The minimum Gasteiger partial charge on any atom is -0.294 e. The highest BCUT2D eigenvalue weighted by Crippen LogP contribution is 2.42. The van der Waals surface area contributed by atoms with Gasteiger partial charge >= 0.3 is 0 Å². The van der Waals surface area contributed by atoms with Crippen LogP contribution in [0.4, 0.5) is 8.78 Å². The van der Waals surface area contributed by atoms with Crippen molar-refractivity contribution in [2.45, 2.75) is 26.4 Å². The normalized spacial score (nSPS) is 20.2. The molecule has 31 heavy (non-hydrogen) atoms. The van der Waals surface area contributed by atoms with Crippen LogP contribution in [0.5, 0.6) is 0 Å². The third-order valence-electron chi connectivity index (χ3n) is 5.61. The number of halogens is 2. The first kappa shape index (κ1) is 21.1. The molecule has 3 nitrogen and oxygen atoms in total. The van der Waals surface area contributed by atoms with Crippen molar-refractivity contribution in [3.05, 3.63) is 107 Å². The minimum absolute atomic E-state index is 0.0635. The number of carbonyl (C=O) groups excluding carboxylic acids is 1. The standard InChI is InChI=1S/C26H24F2N2O/c1-26(2)17-30(16-18-11-12-22(27)23(28)14-18)24(19-8-4-3-5-9-19)21(25(26)31)15-20-10-6-7-13-29-20/h3-15,24H,16-17H2,1-2H3/b21-15-.